The van der Waals surface area contributed by atoms with Crippen LogP contribution < -0.4 is 0 Å². The molecule has 2 aromatic heterocycles. The molecule has 0 atom stereocenters. The number of carboxylic acid groups (broad SMARTS) is 1. The van der Waals surface area contributed by atoms with E-state index in [0.717, 1.165) is 68.8 Å². The summed E-state index contributed by atoms with van der Waals surface area (Å²) >= 11 is 0. The molecule has 6 nitrogen and oxygen atoms in total. The lowest BCUT2D eigenvalue weighted by atomic mass is 9.98. The Balaban J connectivity index is 1.57. The molecule has 5 rings (SSSR count). The highest BCUT2D eigenvalue weighted by molar-refractivity contribution is 6.04. The molecule has 0 aliphatic carbocycles. The molecule has 1 N–H and O–H groups in total. The molecule has 0 spiro atoms. The number of benzene rings is 3. The van der Waals surface area contributed by atoms with Crippen LogP contribution in [0, 0.1) is 6.92 Å². The average Bonchev–Trinajstić information content (AvgIpc) is 3.43. The zero-order valence-corrected chi connectivity index (χ0v) is 22.3. The molecule has 0 radical (unpaired) electrons. The molecule has 3 aromatic carbocycles. The Hall–Kier alpha value is -4.45. The Morgan fingerprint density at radius 3 is 2.45 bits per heavy atom. The van der Waals surface area contributed by atoms with Crippen molar-refractivity contribution >= 4 is 33.6 Å². The molecule has 0 amide bonds. The molecule has 0 saturated heterocycles. The van der Waals surface area contributed by atoms with Gasteiger partial charge in [-0.25, -0.2) is 14.8 Å². The molecule has 0 aliphatic rings. The van der Waals surface area contributed by atoms with Crippen LogP contribution in [-0.2, 0) is 24.8 Å². The molecule has 2 heterocycles. The summed E-state index contributed by atoms with van der Waals surface area (Å²) in [5.74, 6) is 1.02. The number of aliphatic carboxylic acids is 1. The molecule has 0 bridgehead atoms. The Kier molecular flexibility index (Phi) is 6.72. The summed E-state index contributed by atoms with van der Waals surface area (Å²) in [6.07, 6.45) is 3.46. The van der Waals surface area contributed by atoms with Gasteiger partial charge in [0.25, 0.3) is 0 Å². The maximum absolute atomic E-state index is 11.5. The van der Waals surface area contributed by atoms with Crippen LogP contribution >= 0.6 is 0 Å². The number of nitrogens with zero attached hydrogens (tertiary/aromatic N) is 4. The van der Waals surface area contributed by atoms with E-state index in [1.54, 1.807) is 13.0 Å². The smallest absolute Gasteiger partial charge is 0.335 e. The molecule has 192 valence electrons. The van der Waals surface area contributed by atoms with Crippen molar-refractivity contribution in [2.75, 3.05) is 0 Å². The summed E-state index contributed by atoms with van der Waals surface area (Å²) in [5, 5.41) is 9.45. The van der Waals surface area contributed by atoms with Gasteiger partial charge in [-0.15, -0.1) is 0 Å². The van der Waals surface area contributed by atoms with E-state index in [1.807, 2.05) is 42.5 Å². The van der Waals surface area contributed by atoms with E-state index >= 15 is 0 Å². The summed E-state index contributed by atoms with van der Waals surface area (Å²) in [7, 11) is 2.06. The molecule has 0 saturated carbocycles. The van der Waals surface area contributed by atoms with Gasteiger partial charge in [0, 0.05) is 25.6 Å². The first-order chi connectivity index (χ1) is 18.3. The topological polar surface area (TPSA) is 72.9 Å². The second-order valence-electron chi connectivity index (χ2n) is 9.69. The number of aromatic nitrogens is 4. The Bertz CT molecular complexity index is 1720. The standard InChI is InChI=1S/C32H32N4O2/c1-6-10-29-34-30-20(3)17-24(31-33-26-11-8-9-12-27(26)35(31)5)18-28(30)36(29)19-22-13-15-23(16-14-22)21(4)25(7-2)32(37)38/h7-9,11-18H,4,6,10,19H2,1-3,5H3,(H,37,38)/b25-7+. The van der Waals surface area contributed by atoms with Crippen molar-refractivity contribution < 1.29 is 9.90 Å². The van der Waals surface area contributed by atoms with Gasteiger partial charge >= 0.3 is 5.97 Å². The minimum Gasteiger partial charge on any atom is -0.478 e. The fourth-order valence-corrected chi connectivity index (χ4v) is 5.14. The van der Waals surface area contributed by atoms with Crippen molar-refractivity contribution in [2.45, 2.75) is 40.2 Å². The number of carboxylic acids is 1. The van der Waals surface area contributed by atoms with Crippen molar-refractivity contribution in [2.24, 2.45) is 7.05 Å². The Morgan fingerprint density at radius 1 is 1.05 bits per heavy atom. The highest BCUT2D eigenvalue weighted by Gasteiger charge is 2.18. The van der Waals surface area contributed by atoms with Crippen molar-refractivity contribution in [3.05, 3.63) is 101 Å². The van der Waals surface area contributed by atoms with E-state index in [9.17, 15) is 9.90 Å². The summed E-state index contributed by atoms with van der Waals surface area (Å²) < 4.78 is 4.45. The first-order valence-corrected chi connectivity index (χ1v) is 12.9. The van der Waals surface area contributed by atoms with E-state index in [1.165, 1.54) is 0 Å². The first kappa shape index (κ1) is 25.2. The van der Waals surface area contributed by atoms with Crippen LogP contribution in [0.5, 0.6) is 0 Å². The molecule has 0 unspecified atom stereocenters. The van der Waals surface area contributed by atoms with Crippen molar-refractivity contribution in [1.82, 2.24) is 19.1 Å². The number of allylic oxidation sites excluding steroid dienone is 1. The predicted molar refractivity (Wildman–Crippen MR) is 154 cm³/mol. The lowest BCUT2D eigenvalue weighted by Crippen LogP contribution is -2.06. The van der Waals surface area contributed by atoms with Crippen LogP contribution in [-0.4, -0.2) is 30.2 Å². The van der Waals surface area contributed by atoms with Gasteiger partial charge in [-0.3, -0.25) is 0 Å². The Morgan fingerprint density at radius 2 is 1.79 bits per heavy atom. The number of aryl methyl sites for hydroxylation is 3. The number of hydrogen-bond acceptors (Lipinski definition) is 3. The molecule has 6 heteroatoms. The molecular weight excluding hydrogens is 472 g/mol. The zero-order valence-electron chi connectivity index (χ0n) is 22.3. The van der Waals surface area contributed by atoms with Crippen molar-refractivity contribution in [1.29, 1.82) is 0 Å². The van der Waals surface area contributed by atoms with E-state index in [-0.39, 0.29) is 5.57 Å². The molecular formula is C32H32N4O2. The summed E-state index contributed by atoms with van der Waals surface area (Å²) in [4.78, 5) is 21.5. The number of imidazole rings is 2. The van der Waals surface area contributed by atoms with Crippen molar-refractivity contribution in [3.63, 3.8) is 0 Å². The number of rotatable bonds is 8. The van der Waals surface area contributed by atoms with E-state index in [4.69, 9.17) is 9.97 Å². The summed E-state index contributed by atoms with van der Waals surface area (Å²) in [6, 6.07) is 20.5. The van der Waals surface area contributed by atoms with Gasteiger partial charge < -0.3 is 14.2 Å². The van der Waals surface area contributed by atoms with Gasteiger partial charge in [-0.05, 0) is 66.8 Å². The van der Waals surface area contributed by atoms with Gasteiger partial charge in [0.1, 0.15) is 11.6 Å². The minimum atomic E-state index is -0.970. The second-order valence-corrected chi connectivity index (χ2v) is 9.69. The van der Waals surface area contributed by atoms with Gasteiger partial charge in [0.05, 0.1) is 27.6 Å². The molecule has 5 aromatic rings. The third-order valence-corrected chi connectivity index (χ3v) is 7.13. The van der Waals surface area contributed by atoms with E-state index in [2.05, 4.69) is 54.8 Å². The van der Waals surface area contributed by atoms with Gasteiger partial charge in [0.2, 0.25) is 0 Å². The van der Waals surface area contributed by atoms with Crippen LogP contribution in [0.25, 0.3) is 39.0 Å². The number of para-hydroxylation sites is 2. The third-order valence-electron chi connectivity index (χ3n) is 7.13. The van der Waals surface area contributed by atoms with Crippen LogP contribution in [0.15, 0.2) is 78.9 Å². The average molecular weight is 505 g/mol. The summed E-state index contributed by atoms with van der Waals surface area (Å²) in [6.45, 7) is 10.7. The van der Waals surface area contributed by atoms with Gasteiger partial charge in [-0.2, -0.15) is 0 Å². The maximum Gasteiger partial charge on any atom is 0.335 e. The highest BCUT2D eigenvalue weighted by atomic mass is 16.4. The number of hydrogen-bond donors (Lipinski definition) is 1. The fraction of sp³-hybridized carbons (Fsp3) is 0.219. The van der Waals surface area contributed by atoms with Gasteiger partial charge in [-0.1, -0.05) is 56.0 Å². The lowest BCUT2D eigenvalue weighted by molar-refractivity contribution is -0.132. The SMILES string of the molecule is C=C(/C(=C\C)C(=O)O)c1ccc(Cn2c(CCC)nc3c(C)cc(-c4nc5ccccc5n4C)cc32)cc1. The number of fused-ring (bicyclic) bond motifs is 2. The second kappa shape index (κ2) is 10.1. The zero-order chi connectivity index (χ0) is 27.0. The Labute approximate surface area is 222 Å². The van der Waals surface area contributed by atoms with Crippen LogP contribution in [0.4, 0.5) is 0 Å². The number of carbonyl (C=O) groups is 1. The van der Waals surface area contributed by atoms with E-state index in [0.29, 0.717) is 12.1 Å². The third kappa shape index (κ3) is 4.43. The minimum absolute atomic E-state index is 0.216. The van der Waals surface area contributed by atoms with E-state index < -0.39 is 5.97 Å². The predicted octanol–water partition coefficient (Wildman–Crippen LogP) is 6.94. The lowest BCUT2D eigenvalue weighted by Gasteiger charge is -2.12. The quantitative estimate of drug-likeness (QED) is 0.183. The monoisotopic (exact) mass is 504 g/mol. The normalized spacial score (nSPS) is 11.9. The first-order valence-electron chi connectivity index (χ1n) is 12.9. The molecule has 0 fully saturated rings. The van der Waals surface area contributed by atoms with Crippen LogP contribution in [0.1, 0.15) is 42.8 Å². The maximum atomic E-state index is 11.5. The van der Waals surface area contributed by atoms with Gasteiger partial charge in [0.15, 0.2) is 0 Å². The van der Waals surface area contributed by atoms with Crippen LogP contribution in [0.2, 0.25) is 0 Å². The molecule has 0 aliphatic heterocycles. The molecule has 38 heavy (non-hydrogen) atoms. The largest absolute Gasteiger partial charge is 0.478 e. The summed E-state index contributed by atoms with van der Waals surface area (Å²) in [5.41, 5.74) is 9.01. The van der Waals surface area contributed by atoms with Crippen LogP contribution in [0.3, 0.4) is 0 Å². The van der Waals surface area contributed by atoms with Crippen molar-refractivity contribution in [3.8, 4) is 11.4 Å². The highest BCUT2D eigenvalue weighted by Crippen LogP contribution is 2.31. The fourth-order valence-electron chi connectivity index (χ4n) is 5.14.